The number of rotatable bonds is 4. The van der Waals surface area contributed by atoms with E-state index in [1.807, 2.05) is 0 Å². The van der Waals surface area contributed by atoms with Crippen LogP contribution in [0.3, 0.4) is 0 Å². The minimum absolute atomic E-state index is 0.216. The standard InChI is InChI=1S/C17H18F3N3O/c18-17(19,20)11-24-13-3-1-12(2-4-13)9-23-8-6-16-14(10-23)15(21)5-7-22-16/h1-5,7H,6,8-11H2,(H2,21,22). The fourth-order valence-corrected chi connectivity index (χ4v) is 2.77. The molecule has 1 aliphatic heterocycles. The third-order valence-electron chi connectivity index (χ3n) is 3.96. The summed E-state index contributed by atoms with van der Waals surface area (Å²) >= 11 is 0. The fourth-order valence-electron chi connectivity index (χ4n) is 2.77. The number of aromatic nitrogens is 1. The van der Waals surface area contributed by atoms with Crippen LogP contribution < -0.4 is 10.5 Å². The lowest BCUT2D eigenvalue weighted by Gasteiger charge is -2.28. The van der Waals surface area contributed by atoms with E-state index in [1.165, 1.54) is 0 Å². The van der Waals surface area contributed by atoms with Crippen molar-refractivity contribution in [3.63, 3.8) is 0 Å². The molecule has 24 heavy (non-hydrogen) atoms. The number of pyridine rings is 1. The van der Waals surface area contributed by atoms with Gasteiger partial charge < -0.3 is 10.5 Å². The molecule has 0 spiro atoms. The van der Waals surface area contributed by atoms with Gasteiger partial charge in [0.1, 0.15) is 5.75 Å². The van der Waals surface area contributed by atoms with E-state index in [0.29, 0.717) is 6.54 Å². The first-order chi connectivity index (χ1) is 11.4. The van der Waals surface area contributed by atoms with Crippen molar-refractivity contribution in [2.75, 3.05) is 18.9 Å². The number of nitrogens with two attached hydrogens (primary N) is 1. The minimum atomic E-state index is -4.33. The molecule has 4 nitrogen and oxygen atoms in total. The Morgan fingerprint density at radius 1 is 1.17 bits per heavy atom. The van der Waals surface area contributed by atoms with E-state index >= 15 is 0 Å². The SMILES string of the molecule is Nc1ccnc2c1CN(Cc1ccc(OCC(F)(F)F)cc1)CC2. The lowest BCUT2D eigenvalue weighted by atomic mass is 10.0. The third-order valence-corrected chi connectivity index (χ3v) is 3.96. The number of ether oxygens (including phenoxy) is 1. The van der Waals surface area contributed by atoms with Gasteiger partial charge in [-0.15, -0.1) is 0 Å². The molecule has 0 atom stereocenters. The second-order valence-corrected chi connectivity index (χ2v) is 5.83. The molecule has 0 amide bonds. The lowest BCUT2D eigenvalue weighted by Crippen LogP contribution is -2.31. The number of anilines is 1. The molecule has 1 aromatic heterocycles. The Hall–Kier alpha value is -2.28. The number of nitrogens with zero attached hydrogens (tertiary/aromatic N) is 2. The Kier molecular flexibility index (Phi) is 4.62. The first-order valence-electron chi connectivity index (χ1n) is 7.64. The Balaban J connectivity index is 1.60. The summed E-state index contributed by atoms with van der Waals surface area (Å²) in [5.74, 6) is 0.216. The molecule has 7 heteroatoms. The molecular weight excluding hydrogens is 319 g/mol. The van der Waals surface area contributed by atoms with E-state index in [-0.39, 0.29) is 5.75 Å². The van der Waals surface area contributed by atoms with Crippen LogP contribution in [0, 0.1) is 0 Å². The number of benzene rings is 1. The fraction of sp³-hybridized carbons (Fsp3) is 0.353. The van der Waals surface area contributed by atoms with Crippen molar-refractivity contribution < 1.29 is 17.9 Å². The summed E-state index contributed by atoms with van der Waals surface area (Å²) in [6.07, 6.45) is -1.76. The number of hydrogen-bond acceptors (Lipinski definition) is 4. The van der Waals surface area contributed by atoms with Gasteiger partial charge >= 0.3 is 6.18 Å². The zero-order valence-corrected chi connectivity index (χ0v) is 13.0. The van der Waals surface area contributed by atoms with Crippen LogP contribution in [0.15, 0.2) is 36.5 Å². The summed E-state index contributed by atoms with van der Waals surface area (Å²) in [6, 6.07) is 8.50. The molecule has 0 radical (unpaired) electrons. The molecule has 2 N–H and O–H groups in total. The Morgan fingerprint density at radius 3 is 2.62 bits per heavy atom. The Labute approximate surface area is 138 Å². The Bertz CT molecular complexity index is 701. The smallest absolute Gasteiger partial charge is 0.422 e. The second kappa shape index (κ2) is 6.68. The molecular formula is C17H18F3N3O. The lowest BCUT2D eigenvalue weighted by molar-refractivity contribution is -0.153. The summed E-state index contributed by atoms with van der Waals surface area (Å²) in [7, 11) is 0. The highest BCUT2D eigenvalue weighted by Gasteiger charge is 2.28. The van der Waals surface area contributed by atoms with E-state index in [2.05, 4.69) is 9.88 Å². The zero-order valence-electron chi connectivity index (χ0n) is 13.0. The van der Waals surface area contributed by atoms with E-state index in [0.717, 1.165) is 42.0 Å². The van der Waals surface area contributed by atoms with Crippen LogP contribution in [0.1, 0.15) is 16.8 Å². The molecule has 1 aliphatic rings. The van der Waals surface area contributed by atoms with Crippen LogP contribution in [0.25, 0.3) is 0 Å². The quantitative estimate of drug-likeness (QED) is 0.931. The van der Waals surface area contributed by atoms with Gasteiger partial charge in [-0.05, 0) is 23.8 Å². The Morgan fingerprint density at radius 2 is 1.92 bits per heavy atom. The predicted octanol–water partition coefficient (Wildman–Crippen LogP) is 3.16. The van der Waals surface area contributed by atoms with E-state index < -0.39 is 12.8 Å². The zero-order chi connectivity index (χ0) is 17.2. The van der Waals surface area contributed by atoms with Gasteiger partial charge in [0, 0.05) is 49.2 Å². The van der Waals surface area contributed by atoms with Gasteiger partial charge in [-0.1, -0.05) is 12.1 Å². The largest absolute Gasteiger partial charge is 0.484 e. The van der Waals surface area contributed by atoms with Crippen molar-refractivity contribution >= 4 is 5.69 Å². The van der Waals surface area contributed by atoms with Crippen LogP contribution in [-0.2, 0) is 19.5 Å². The summed E-state index contributed by atoms with van der Waals surface area (Å²) in [5.41, 5.74) is 9.88. The summed E-state index contributed by atoms with van der Waals surface area (Å²) in [6.45, 7) is 1.02. The highest BCUT2D eigenvalue weighted by Crippen LogP contribution is 2.24. The average molecular weight is 337 g/mol. The van der Waals surface area contributed by atoms with E-state index in [1.54, 1.807) is 36.5 Å². The molecule has 0 saturated carbocycles. The van der Waals surface area contributed by atoms with Crippen molar-refractivity contribution in [2.45, 2.75) is 25.7 Å². The molecule has 0 aliphatic carbocycles. The number of fused-ring (bicyclic) bond motifs is 1. The van der Waals surface area contributed by atoms with Crippen molar-refractivity contribution in [3.8, 4) is 5.75 Å². The second-order valence-electron chi connectivity index (χ2n) is 5.83. The molecule has 0 bridgehead atoms. The van der Waals surface area contributed by atoms with E-state index in [9.17, 15) is 13.2 Å². The monoisotopic (exact) mass is 337 g/mol. The van der Waals surface area contributed by atoms with Gasteiger partial charge in [-0.2, -0.15) is 13.2 Å². The molecule has 1 aromatic carbocycles. The molecule has 2 aromatic rings. The van der Waals surface area contributed by atoms with E-state index in [4.69, 9.17) is 10.5 Å². The first kappa shape index (κ1) is 16.6. The maximum absolute atomic E-state index is 12.1. The third kappa shape index (κ3) is 4.17. The maximum atomic E-state index is 12.1. The molecule has 0 fully saturated rings. The normalized spacial score (nSPS) is 15.1. The average Bonchev–Trinajstić information content (AvgIpc) is 2.54. The highest BCUT2D eigenvalue weighted by atomic mass is 19.4. The van der Waals surface area contributed by atoms with Gasteiger partial charge in [-0.25, -0.2) is 0 Å². The predicted molar refractivity (Wildman–Crippen MR) is 84.5 cm³/mol. The maximum Gasteiger partial charge on any atom is 0.422 e. The molecule has 2 heterocycles. The van der Waals surface area contributed by atoms with Crippen LogP contribution in [-0.4, -0.2) is 29.2 Å². The molecule has 0 saturated heterocycles. The van der Waals surface area contributed by atoms with Crippen molar-refractivity contribution in [1.29, 1.82) is 0 Å². The van der Waals surface area contributed by atoms with Gasteiger partial charge in [0.15, 0.2) is 6.61 Å². The van der Waals surface area contributed by atoms with Crippen LogP contribution >= 0.6 is 0 Å². The van der Waals surface area contributed by atoms with Crippen molar-refractivity contribution in [1.82, 2.24) is 9.88 Å². The molecule has 0 unspecified atom stereocenters. The number of alkyl halides is 3. The minimum Gasteiger partial charge on any atom is -0.484 e. The topological polar surface area (TPSA) is 51.4 Å². The van der Waals surface area contributed by atoms with Gasteiger partial charge in [0.2, 0.25) is 0 Å². The number of nitrogen functional groups attached to an aromatic ring is 1. The van der Waals surface area contributed by atoms with Crippen LogP contribution in [0.2, 0.25) is 0 Å². The summed E-state index contributed by atoms with van der Waals surface area (Å²) < 4.78 is 41.1. The highest BCUT2D eigenvalue weighted by molar-refractivity contribution is 5.48. The van der Waals surface area contributed by atoms with Gasteiger partial charge in [0.25, 0.3) is 0 Å². The van der Waals surface area contributed by atoms with Crippen LogP contribution in [0.4, 0.5) is 18.9 Å². The summed E-state index contributed by atoms with van der Waals surface area (Å²) in [4.78, 5) is 6.60. The molecule has 3 rings (SSSR count). The van der Waals surface area contributed by atoms with Crippen molar-refractivity contribution in [2.24, 2.45) is 0 Å². The number of halogens is 3. The van der Waals surface area contributed by atoms with Crippen molar-refractivity contribution in [3.05, 3.63) is 53.3 Å². The van der Waals surface area contributed by atoms with Gasteiger partial charge in [0.05, 0.1) is 0 Å². The van der Waals surface area contributed by atoms with Gasteiger partial charge in [-0.3, -0.25) is 9.88 Å². The first-order valence-corrected chi connectivity index (χ1v) is 7.64. The molecule has 128 valence electrons. The van der Waals surface area contributed by atoms with Crippen LogP contribution in [0.5, 0.6) is 5.75 Å². The summed E-state index contributed by atoms with van der Waals surface area (Å²) in [5, 5.41) is 0. The number of hydrogen-bond donors (Lipinski definition) is 1.